The molecule has 1 heterocycles. The summed E-state index contributed by atoms with van der Waals surface area (Å²) in [7, 11) is -4.22. The molecule has 92 valence electrons. The fraction of sp³-hybridized carbons (Fsp3) is 0.333. The van der Waals surface area contributed by atoms with Gasteiger partial charge in [-0.05, 0) is 17.5 Å². The Hall–Kier alpha value is -1.33. The lowest BCUT2D eigenvalue weighted by Crippen LogP contribution is -2.12. The van der Waals surface area contributed by atoms with Crippen LogP contribution in [0.15, 0.2) is 33.8 Å². The molecule has 2 rings (SSSR count). The lowest BCUT2D eigenvalue weighted by Gasteiger charge is -2.19. The fourth-order valence-electron chi connectivity index (χ4n) is 1.85. The van der Waals surface area contributed by atoms with E-state index < -0.39 is 10.1 Å². The topological polar surface area (TPSA) is 67.5 Å². The minimum Gasteiger partial charge on any atom is -0.464 e. The number of hydrogen-bond acceptors (Lipinski definition) is 3. The standard InChI is InChI=1S/C12H14O4S/c1-12(2,3)9-4-5-10(17(13,14)15)8-6-7-16-11(8)9/h4-7H,1-3H3,(H,13,14,15). The van der Waals surface area contributed by atoms with E-state index in [0.717, 1.165) is 5.56 Å². The van der Waals surface area contributed by atoms with Crippen LogP contribution in [-0.4, -0.2) is 13.0 Å². The van der Waals surface area contributed by atoms with Gasteiger partial charge >= 0.3 is 0 Å². The predicted molar refractivity (Wildman–Crippen MR) is 64.7 cm³/mol. The second-order valence-corrected chi connectivity index (χ2v) is 6.39. The van der Waals surface area contributed by atoms with E-state index in [1.54, 1.807) is 12.1 Å². The van der Waals surface area contributed by atoms with Gasteiger partial charge in [-0.1, -0.05) is 26.8 Å². The van der Waals surface area contributed by atoms with Gasteiger partial charge in [-0.15, -0.1) is 0 Å². The predicted octanol–water partition coefficient (Wildman–Crippen LogP) is 2.98. The zero-order valence-electron chi connectivity index (χ0n) is 9.89. The molecule has 0 aliphatic carbocycles. The van der Waals surface area contributed by atoms with Crippen molar-refractivity contribution >= 4 is 21.1 Å². The van der Waals surface area contributed by atoms with Gasteiger partial charge in [0.1, 0.15) is 10.5 Å². The first-order chi connectivity index (χ1) is 7.71. The molecule has 4 nitrogen and oxygen atoms in total. The van der Waals surface area contributed by atoms with E-state index in [2.05, 4.69) is 0 Å². The van der Waals surface area contributed by atoms with E-state index >= 15 is 0 Å². The maximum absolute atomic E-state index is 11.2. The molecule has 0 amide bonds. The third-order valence-electron chi connectivity index (χ3n) is 2.66. The first kappa shape index (κ1) is 12.1. The number of rotatable bonds is 1. The third-order valence-corrected chi connectivity index (χ3v) is 3.57. The molecule has 0 saturated heterocycles. The van der Waals surface area contributed by atoms with Crippen molar-refractivity contribution in [2.45, 2.75) is 31.1 Å². The van der Waals surface area contributed by atoms with Crippen LogP contribution < -0.4 is 0 Å². The molecule has 1 N–H and O–H groups in total. The fourth-order valence-corrected chi connectivity index (χ4v) is 2.53. The van der Waals surface area contributed by atoms with Crippen LogP contribution in [0.25, 0.3) is 11.0 Å². The van der Waals surface area contributed by atoms with Gasteiger partial charge in [0.15, 0.2) is 0 Å². The molecule has 2 aromatic rings. The van der Waals surface area contributed by atoms with Crippen molar-refractivity contribution in [1.29, 1.82) is 0 Å². The summed E-state index contributed by atoms with van der Waals surface area (Å²) in [5, 5.41) is 0.417. The lowest BCUT2D eigenvalue weighted by molar-refractivity contribution is 0.483. The van der Waals surface area contributed by atoms with E-state index in [1.165, 1.54) is 12.3 Å². The molecule has 0 fully saturated rings. The van der Waals surface area contributed by atoms with E-state index in [-0.39, 0.29) is 10.3 Å². The molecule has 1 aromatic carbocycles. The summed E-state index contributed by atoms with van der Waals surface area (Å²) in [5.41, 5.74) is 1.26. The van der Waals surface area contributed by atoms with Crippen LogP contribution in [0.1, 0.15) is 26.3 Å². The van der Waals surface area contributed by atoms with Crippen LogP contribution >= 0.6 is 0 Å². The summed E-state index contributed by atoms with van der Waals surface area (Å²) in [6.07, 6.45) is 1.43. The molecule has 0 bridgehead atoms. The summed E-state index contributed by atoms with van der Waals surface area (Å²) in [6, 6.07) is 4.64. The van der Waals surface area contributed by atoms with Gasteiger partial charge < -0.3 is 4.42 Å². The summed E-state index contributed by atoms with van der Waals surface area (Å²) in [4.78, 5) is -0.116. The lowest BCUT2D eigenvalue weighted by atomic mass is 9.86. The highest BCUT2D eigenvalue weighted by atomic mass is 32.2. The van der Waals surface area contributed by atoms with Crippen LogP contribution in [0.4, 0.5) is 0 Å². The highest BCUT2D eigenvalue weighted by Crippen LogP contribution is 2.33. The molecular weight excluding hydrogens is 240 g/mol. The first-order valence-electron chi connectivity index (χ1n) is 5.19. The molecule has 0 saturated carbocycles. The average Bonchev–Trinajstić information content (AvgIpc) is 2.60. The molecule has 17 heavy (non-hydrogen) atoms. The number of furan rings is 1. The quantitative estimate of drug-likeness (QED) is 0.794. The molecule has 0 spiro atoms. The minimum atomic E-state index is -4.22. The smallest absolute Gasteiger partial charge is 0.295 e. The Bertz CT molecular complexity index is 659. The van der Waals surface area contributed by atoms with Crippen molar-refractivity contribution in [2.75, 3.05) is 0 Å². The van der Waals surface area contributed by atoms with E-state index in [4.69, 9.17) is 8.97 Å². The van der Waals surface area contributed by atoms with Gasteiger partial charge in [-0.3, -0.25) is 4.55 Å². The van der Waals surface area contributed by atoms with Gasteiger partial charge in [0.25, 0.3) is 10.1 Å². The Morgan fingerprint density at radius 3 is 2.35 bits per heavy atom. The Morgan fingerprint density at radius 1 is 1.18 bits per heavy atom. The number of hydrogen-bond donors (Lipinski definition) is 1. The average molecular weight is 254 g/mol. The van der Waals surface area contributed by atoms with Gasteiger partial charge in [0.05, 0.1) is 6.26 Å². The van der Waals surface area contributed by atoms with E-state index in [0.29, 0.717) is 11.0 Å². The Balaban J connectivity index is 2.86. The van der Waals surface area contributed by atoms with Crippen molar-refractivity contribution in [3.05, 3.63) is 30.0 Å². The van der Waals surface area contributed by atoms with Gasteiger partial charge in [0, 0.05) is 10.9 Å². The summed E-state index contributed by atoms with van der Waals surface area (Å²) < 4.78 is 36.9. The maximum atomic E-state index is 11.2. The minimum absolute atomic E-state index is 0.116. The number of fused-ring (bicyclic) bond motifs is 1. The molecule has 0 aliphatic heterocycles. The Labute approximate surface area is 100.0 Å². The molecule has 5 heteroatoms. The van der Waals surface area contributed by atoms with Crippen molar-refractivity contribution in [2.24, 2.45) is 0 Å². The van der Waals surface area contributed by atoms with Crippen molar-refractivity contribution < 1.29 is 17.4 Å². The van der Waals surface area contributed by atoms with Gasteiger partial charge in [-0.25, -0.2) is 0 Å². The Morgan fingerprint density at radius 2 is 1.82 bits per heavy atom. The number of benzene rings is 1. The van der Waals surface area contributed by atoms with Crippen LogP contribution in [0, 0.1) is 0 Å². The van der Waals surface area contributed by atoms with Crippen molar-refractivity contribution in [3.8, 4) is 0 Å². The second-order valence-electron chi connectivity index (χ2n) is 5.00. The molecule has 0 aliphatic rings. The third kappa shape index (κ3) is 2.08. The molecule has 1 aromatic heterocycles. The highest BCUT2D eigenvalue weighted by molar-refractivity contribution is 7.86. The van der Waals surface area contributed by atoms with E-state index in [9.17, 15) is 8.42 Å². The first-order valence-corrected chi connectivity index (χ1v) is 6.63. The van der Waals surface area contributed by atoms with Gasteiger partial charge in [-0.2, -0.15) is 8.42 Å². The molecular formula is C12H14O4S. The zero-order chi connectivity index (χ0) is 12.8. The molecule has 0 radical (unpaired) electrons. The van der Waals surface area contributed by atoms with Crippen molar-refractivity contribution in [1.82, 2.24) is 0 Å². The summed E-state index contributed by atoms with van der Waals surface area (Å²) in [5.74, 6) is 0. The molecule has 0 unspecified atom stereocenters. The highest BCUT2D eigenvalue weighted by Gasteiger charge is 2.23. The second kappa shape index (κ2) is 3.58. The monoisotopic (exact) mass is 254 g/mol. The zero-order valence-corrected chi connectivity index (χ0v) is 10.7. The maximum Gasteiger partial charge on any atom is 0.295 e. The summed E-state index contributed by atoms with van der Waals surface area (Å²) in [6.45, 7) is 6.03. The van der Waals surface area contributed by atoms with Crippen LogP contribution in [0.5, 0.6) is 0 Å². The molecule has 0 atom stereocenters. The van der Waals surface area contributed by atoms with Gasteiger partial charge in [0.2, 0.25) is 0 Å². The summed E-state index contributed by atoms with van der Waals surface area (Å²) >= 11 is 0. The normalized spacial score (nSPS) is 13.2. The largest absolute Gasteiger partial charge is 0.464 e. The van der Waals surface area contributed by atoms with Crippen LogP contribution in [-0.2, 0) is 15.5 Å². The van der Waals surface area contributed by atoms with Crippen LogP contribution in [0.2, 0.25) is 0 Å². The van der Waals surface area contributed by atoms with Crippen LogP contribution in [0.3, 0.4) is 0 Å². The van der Waals surface area contributed by atoms with E-state index in [1.807, 2.05) is 20.8 Å². The Kier molecular flexibility index (Phi) is 2.56. The SMILES string of the molecule is CC(C)(C)c1ccc(S(=O)(=O)O)c2ccoc12. The van der Waals surface area contributed by atoms with Crippen molar-refractivity contribution in [3.63, 3.8) is 0 Å².